The zero-order valence-electron chi connectivity index (χ0n) is 12.3. The van der Waals surface area contributed by atoms with Gasteiger partial charge in [-0.05, 0) is 31.2 Å². The van der Waals surface area contributed by atoms with Crippen LogP contribution >= 0.6 is 34.8 Å². The second-order valence-corrected chi connectivity index (χ2v) is 7.86. The Hall–Kier alpha value is -1.27. The van der Waals surface area contributed by atoms with Crippen LogP contribution in [0.2, 0.25) is 10.0 Å². The Labute approximate surface area is 150 Å². The Morgan fingerprint density at radius 1 is 1.04 bits per heavy atom. The first kappa shape index (κ1) is 18.1. The van der Waals surface area contributed by atoms with Crippen LogP contribution in [0.5, 0.6) is 0 Å². The molecule has 0 unspecified atom stereocenters. The summed E-state index contributed by atoms with van der Waals surface area (Å²) in [5.74, 6) is 0. The summed E-state index contributed by atoms with van der Waals surface area (Å²) >= 11 is 18.2. The van der Waals surface area contributed by atoms with E-state index < -0.39 is 10.0 Å². The summed E-state index contributed by atoms with van der Waals surface area (Å²) in [6, 6.07) is 11.3. The molecular formula is C15H13Cl3N2O2S. The Balaban J connectivity index is 2.40. The molecule has 0 spiro atoms. The fourth-order valence-electron chi connectivity index (χ4n) is 1.79. The van der Waals surface area contributed by atoms with Gasteiger partial charge in [-0.2, -0.15) is 12.8 Å². The van der Waals surface area contributed by atoms with Crippen LogP contribution in [0, 0.1) is 6.92 Å². The van der Waals surface area contributed by atoms with Gasteiger partial charge >= 0.3 is 0 Å². The van der Waals surface area contributed by atoms with Crippen molar-refractivity contribution in [1.29, 1.82) is 0 Å². The number of hydrogen-bond donors (Lipinski definition) is 0. The SMILES string of the molecule is Cc1ccc(S(=O)(=O)N(C)N=C(Cl)c2c(Cl)cccc2Cl)cc1. The summed E-state index contributed by atoms with van der Waals surface area (Å²) in [4.78, 5) is 0.115. The molecule has 0 aliphatic heterocycles. The summed E-state index contributed by atoms with van der Waals surface area (Å²) in [6.45, 7) is 1.87. The highest BCUT2D eigenvalue weighted by Gasteiger charge is 2.21. The summed E-state index contributed by atoms with van der Waals surface area (Å²) < 4.78 is 25.7. The predicted octanol–water partition coefficient (Wildman–Crippen LogP) is 4.52. The largest absolute Gasteiger partial charge is 0.278 e. The average molecular weight is 392 g/mol. The van der Waals surface area contributed by atoms with E-state index in [1.54, 1.807) is 30.3 Å². The first-order valence-corrected chi connectivity index (χ1v) is 9.05. The van der Waals surface area contributed by atoms with E-state index in [0.29, 0.717) is 0 Å². The van der Waals surface area contributed by atoms with Gasteiger partial charge in [-0.1, -0.05) is 58.6 Å². The van der Waals surface area contributed by atoms with Crippen molar-refractivity contribution in [3.05, 3.63) is 63.6 Å². The predicted molar refractivity (Wildman–Crippen MR) is 95.0 cm³/mol. The van der Waals surface area contributed by atoms with Crippen molar-refractivity contribution in [1.82, 2.24) is 4.41 Å². The fourth-order valence-corrected chi connectivity index (χ4v) is 3.79. The first-order valence-electron chi connectivity index (χ1n) is 6.47. The molecule has 0 saturated heterocycles. The summed E-state index contributed by atoms with van der Waals surface area (Å²) in [7, 11) is -2.52. The molecule has 0 fully saturated rings. The molecule has 0 aromatic heterocycles. The van der Waals surface area contributed by atoms with Gasteiger partial charge < -0.3 is 0 Å². The number of hydrogen-bond acceptors (Lipinski definition) is 3. The minimum Gasteiger partial charge on any atom is -0.200 e. The van der Waals surface area contributed by atoms with Crippen LogP contribution in [0.25, 0.3) is 0 Å². The molecule has 4 nitrogen and oxygen atoms in total. The molecule has 2 aromatic rings. The topological polar surface area (TPSA) is 49.7 Å². The van der Waals surface area contributed by atoms with Gasteiger partial charge in [0.1, 0.15) is 0 Å². The number of rotatable bonds is 4. The molecule has 0 radical (unpaired) electrons. The van der Waals surface area contributed by atoms with E-state index >= 15 is 0 Å². The zero-order chi connectivity index (χ0) is 17.2. The molecule has 0 heterocycles. The second kappa shape index (κ2) is 7.09. The summed E-state index contributed by atoms with van der Waals surface area (Å²) in [6.07, 6.45) is 0. The molecule has 8 heteroatoms. The average Bonchev–Trinajstić information content (AvgIpc) is 2.47. The maximum atomic E-state index is 12.5. The van der Waals surface area contributed by atoms with Crippen LogP contribution in [0.15, 0.2) is 52.5 Å². The number of halogens is 3. The van der Waals surface area contributed by atoms with E-state index in [4.69, 9.17) is 34.8 Å². The van der Waals surface area contributed by atoms with E-state index in [-0.39, 0.29) is 25.7 Å². The molecule has 0 saturated carbocycles. The van der Waals surface area contributed by atoms with Crippen molar-refractivity contribution in [2.45, 2.75) is 11.8 Å². The van der Waals surface area contributed by atoms with Crippen LogP contribution in [0.1, 0.15) is 11.1 Å². The van der Waals surface area contributed by atoms with E-state index in [1.807, 2.05) is 6.92 Å². The van der Waals surface area contributed by atoms with Crippen LogP contribution in [-0.2, 0) is 10.0 Å². The quantitative estimate of drug-likeness (QED) is 0.568. The maximum Gasteiger partial charge on any atom is 0.278 e. The number of benzene rings is 2. The lowest BCUT2D eigenvalue weighted by Gasteiger charge is -2.15. The van der Waals surface area contributed by atoms with Gasteiger partial charge in [-0.3, -0.25) is 0 Å². The highest BCUT2D eigenvalue weighted by atomic mass is 35.5. The van der Waals surface area contributed by atoms with E-state index in [1.165, 1.54) is 19.2 Å². The standard InChI is InChI=1S/C15H13Cl3N2O2S/c1-10-6-8-11(9-7-10)23(21,22)20(2)19-15(18)14-12(16)4-3-5-13(14)17/h3-9H,1-2H3. The van der Waals surface area contributed by atoms with Crippen molar-refractivity contribution >= 4 is 50.0 Å². The number of sulfonamides is 1. The van der Waals surface area contributed by atoms with Gasteiger partial charge in [0.25, 0.3) is 10.0 Å². The van der Waals surface area contributed by atoms with Crippen molar-refractivity contribution < 1.29 is 8.42 Å². The second-order valence-electron chi connectivity index (χ2n) is 4.74. The lowest BCUT2D eigenvalue weighted by atomic mass is 10.2. The molecule has 0 amide bonds. The lowest BCUT2D eigenvalue weighted by molar-refractivity contribution is 0.490. The van der Waals surface area contributed by atoms with E-state index in [9.17, 15) is 8.42 Å². The van der Waals surface area contributed by atoms with Crippen molar-refractivity contribution in [2.24, 2.45) is 5.10 Å². The van der Waals surface area contributed by atoms with Gasteiger partial charge in [0.15, 0.2) is 5.17 Å². The Morgan fingerprint density at radius 2 is 1.57 bits per heavy atom. The third-order valence-corrected chi connectivity index (χ3v) is 5.60. The van der Waals surface area contributed by atoms with Gasteiger partial charge in [0, 0.05) is 7.05 Å². The maximum absolute atomic E-state index is 12.5. The zero-order valence-corrected chi connectivity index (χ0v) is 15.4. The molecule has 2 aromatic carbocycles. The smallest absolute Gasteiger partial charge is 0.200 e. The third kappa shape index (κ3) is 3.98. The fraction of sp³-hybridized carbons (Fsp3) is 0.133. The van der Waals surface area contributed by atoms with Gasteiger partial charge in [-0.25, -0.2) is 0 Å². The van der Waals surface area contributed by atoms with Gasteiger partial charge in [0.2, 0.25) is 0 Å². The highest BCUT2D eigenvalue weighted by molar-refractivity contribution is 7.89. The number of aryl methyl sites for hydroxylation is 1. The Kier molecular flexibility index (Phi) is 5.57. The van der Waals surface area contributed by atoms with Crippen molar-refractivity contribution in [3.63, 3.8) is 0 Å². The Bertz CT molecular complexity index is 829. The Morgan fingerprint density at radius 3 is 2.09 bits per heavy atom. The van der Waals surface area contributed by atoms with E-state index in [2.05, 4.69) is 5.10 Å². The summed E-state index contributed by atoms with van der Waals surface area (Å²) in [5, 5.41) is 4.35. The molecule has 0 atom stereocenters. The molecular weight excluding hydrogens is 379 g/mol. The molecule has 0 bridgehead atoms. The molecule has 2 rings (SSSR count). The van der Waals surface area contributed by atoms with Crippen LogP contribution in [-0.4, -0.2) is 25.1 Å². The number of hydrazone groups is 1. The normalized spacial score (nSPS) is 12.3. The van der Waals surface area contributed by atoms with Gasteiger partial charge in [0.05, 0.1) is 20.5 Å². The van der Waals surface area contributed by atoms with Crippen molar-refractivity contribution in [2.75, 3.05) is 7.05 Å². The molecule has 122 valence electrons. The monoisotopic (exact) mass is 390 g/mol. The molecule has 23 heavy (non-hydrogen) atoms. The van der Waals surface area contributed by atoms with Crippen LogP contribution in [0.4, 0.5) is 0 Å². The first-order chi connectivity index (χ1) is 10.7. The van der Waals surface area contributed by atoms with Crippen LogP contribution in [0.3, 0.4) is 0 Å². The highest BCUT2D eigenvalue weighted by Crippen LogP contribution is 2.27. The van der Waals surface area contributed by atoms with Gasteiger partial charge in [-0.15, -0.1) is 5.10 Å². The van der Waals surface area contributed by atoms with E-state index in [0.717, 1.165) is 9.98 Å². The number of nitrogens with zero attached hydrogens (tertiary/aromatic N) is 2. The lowest BCUT2D eigenvalue weighted by Crippen LogP contribution is -2.23. The molecule has 0 aliphatic carbocycles. The third-order valence-electron chi connectivity index (χ3n) is 3.06. The minimum absolute atomic E-state index is 0.112. The molecule has 0 N–H and O–H groups in total. The summed E-state index contributed by atoms with van der Waals surface area (Å²) in [5.41, 5.74) is 1.24. The molecule has 0 aliphatic rings. The minimum atomic E-state index is -3.81. The van der Waals surface area contributed by atoms with Crippen molar-refractivity contribution in [3.8, 4) is 0 Å². The van der Waals surface area contributed by atoms with Crippen LogP contribution < -0.4 is 0 Å².